The van der Waals surface area contributed by atoms with Crippen molar-refractivity contribution in [2.24, 2.45) is 5.92 Å². The number of piperazine rings is 1. The number of rotatable bonds is 8. The van der Waals surface area contributed by atoms with Crippen molar-refractivity contribution in [3.8, 4) is 0 Å². The smallest absolute Gasteiger partial charge is 0.118 e. The van der Waals surface area contributed by atoms with Gasteiger partial charge in [0.2, 0.25) is 0 Å². The van der Waals surface area contributed by atoms with Crippen LogP contribution in [0.1, 0.15) is 37.5 Å². The van der Waals surface area contributed by atoms with E-state index in [2.05, 4.69) is 28.1 Å². The van der Waals surface area contributed by atoms with Gasteiger partial charge < -0.3 is 14.6 Å². The van der Waals surface area contributed by atoms with Gasteiger partial charge in [0.15, 0.2) is 0 Å². The summed E-state index contributed by atoms with van der Waals surface area (Å²) in [4.78, 5) is 5.15. The van der Waals surface area contributed by atoms with Gasteiger partial charge in [-0.2, -0.15) is 0 Å². The highest BCUT2D eigenvalue weighted by Gasteiger charge is 2.26. The van der Waals surface area contributed by atoms with Gasteiger partial charge in [0, 0.05) is 44.8 Å². The third-order valence-corrected chi connectivity index (χ3v) is 4.52. The van der Waals surface area contributed by atoms with Crippen molar-refractivity contribution in [1.82, 2.24) is 15.1 Å². The van der Waals surface area contributed by atoms with Crippen LogP contribution in [0.2, 0.25) is 0 Å². The maximum absolute atomic E-state index is 5.70. The van der Waals surface area contributed by atoms with Crippen LogP contribution in [0, 0.1) is 5.92 Å². The minimum Gasteiger partial charge on any atom is -0.468 e. The Morgan fingerprint density at radius 2 is 1.95 bits per heavy atom. The number of hydrogen-bond donors (Lipinski definition) is 1. The summed E-state index contributed by atoms with van der Waals surface area (Å²) in [5.74, 6) is 2.12. The molecule has 118 valence electrons. The molecule has 3 rings (SSSR count). The van der Waals surface area contributed by atoms with E-state index in [-0.39, 0.29) is 0 Å². The molecule has 0 unspecified atom stereocenters. The Morgan fingerprint density at radius 3 is 2.67 bits per heavy atom. The van der Waals surface area contributed by atoms with Crippen LogP contribution in [-0.4, -0.2) is 49.1 Å². The molecule has 4 nitrogen and oxygen atoms in total. The quantitative estimate of drug-likeness (QED) is 0.745. The topological polar surface area (TPSA) is 31.7 Å². The molecule has 1 aliphatic carbocycles. The molecule has 0 amide bonds. The van der Waals surface area contributed by atoms with E-state index >= 15 is 0 Å². The Morgan fingerprint density at radius 1 is 1.19 bits per heavy atom. The molecule has 0 atom stereocenters. The molecule has 2 aliphatic rings. The molecule has 1 aromatic heterocycles. The van der Waals surface area contributed by atoms with Gasteiger partial charge in [0.1, 0.15) is 5.76 Å². The predicted molar refractivity (Wildman–Crippen MR) is 85.1 cm³/mol. The van der Waals surface area contributed by atoms with Crippen molar-refractivity contribution in [1.29, 1.82) is 0 Å². The average molecular weight is 291 g/mol. The highest BCUT2D eigenvalue weighted by molar-refractivity contribution is 5.12. The molecule has 1 N–H and O–H groups in total. The van der Waals surface area contributed by atoms with Gasteiger partial charge in [-0.1, -0.05) is 6.92 Å². The van der Waals surface area contributed by atoms with E-state index in [9.17, 15) is 0 Å². The molecule has 0 radical (unpaired) electrons. The monoisotopic (exact) mass is 291 g/mol. The van der Waals surface area contributed by atoms with Crippen LogP contribution in [0.3, 0.4) is 0 Å². The summed E-state index contributed by atoms with van der Waals surface area (Å²) in [7, 11) is 0. The number of furan rings is 1. The van der Waals surface area contributed by atoms with Gasteiger partial charge in [0.25, 0.3) is 0 Å². The van der Waals surface area contributed by atoms with Crippen molar-refractivity contribution in [2.45, 2.75) is 39.3 Å². The van der Waals surface area contributed by atoms with Gasteiger partial charge in [0.05, 0.1) is 12.8 Å². The van der Waals surface area contributed by atoms with E-state index in [1.54, 1.807) is 0 Å². The van der Waals surface area contributed by atoms with Crippen LogP contribution >= 0.6 is 0 Å². The molecule has 0 aromatic carbocycles. The second-order valence-electron chi connectivity index (χ2n) is 6.62. The standard InChI is InChI=1S/C17H29N3O/c1-2-5-18-11-16-10-17(21-14-16)13-20-8-6-19(7-9-20)12-15-3-4-15/h10,14-15,18H,2-9,11-13H2,1H3. The van der Waals surface area contributed by atoms with Gasteiger partial charge in [-0.3, -0.25) is 4.90 Å². The maximum atomic E-state index is 5.70. The Labute approximate surface area is 128 Å². The average Bonchev–Trinajstić information content (AvgIpc) is 3.20. The largest absolute Gasteiger partial charge is 0.468 e. The highest BCUT2D eigenvalue weighted by atomic mass is 16.3. The highest BCUT2D eigenvalue weighted by Crippen LogP contribution is 2.30. The Balaban J connectivity index is 1.38. The summed E-state index contributed by atoms with van der Waals surface area (Å²) in [5, 5.41) is 3.42. The van der Waals surface area contributed by atoms with Crippen LogP contribution in [0.25, 0.3) is 0 Å². The lowest BCUT2D eigenvalue weighted by molar-refractivity contribution is 0.117. The van der Waals surface area contributed by atoms with E-state index in [1.807, 2.05) is 6.26 Å². The summed E-state index contributed by atoms with van der Waals surface area (Å²) in [5.41, 5.74) is 1.27. The summed E-state index contributed by atoms with van der Waals surface area (Å²) in [6.45, 7) is 11.3. The first-order chi connectivity index (χ1) is 10.3. The van der Waals surface area contributed by atoms with Gasteiger partial charge in [-0.15, -0.1) is 0 Å². The molecule has 1 saturated carbocycles. The molecule has 1 aliphatic heterocycles. The van der Waals surface area contributed by atoms with E-state index in [0.717, 1.165) is 31.3 Å². The molecule has 1 aromatic rings. The third kappa shape index (κ3) is 4.83. The zero-order valence-corrected chi connectivity index (χ0v) is 13.3. The van der Waals surface area contributed by atoms with Crippen LogP contribution in [0.15, 0.2) is 16.7 Å². The van der Waals surface area contributed by atoms with E-state index < -0.39 is 0 Å². The van der Waals surface area contributed by atoms with Gasteiger partial charge >= 0.3 is 0 Å². The molecular weight excluding hydrogens is 262 g/mol. The van der Waals surface area contributed by atoms with Crippen molar-refractivity contribution in [2.75, 3.05) is 39.3 Å². The van der Waals surface area contributed by atoms with Crippen molar-refractivity contribution < 1.29 is 4.42 Å². The Kier molecular flexibility index (Phi) is 5.33. The summed E-state index contributed by atoms with van der Waals surface area (Å²) >= 11 is 0. The zero-order chi connectivity index (χ0) is 14.5. The van der Waals surface area contributed by atoms with Crippen molar-refractivity contribution >= 4 is 0 Å². The normalized spacial score (nSPS) is 21.0. The van der Waals surface area contributed by atoms with Gasteiger partial charge in [-0.05, 0) is 37.8 Å². The van der Waals surface area contributed by atoms with E-state index in [0.29, 0.717) is 0 Å². The second-order valence-corrected chi connectivity index (χ2v) is 6.62. The lowest BCUT2D eigenvalue weighted by Gasteiger charge is -2.34. The predicted octanol–water partition coefficient (Wildman–Crippen LogP) is 2.31. The Bertz CT molecular complexity index is 419. The van der Waals surface area contributed by atoms with E-state index in [1.165, 1.54) is 57.5 Å². The van der Waals surface area contributed by atoms with E-state index in [4.69, 9.17) is 4.42 Å². The third-order valence-electron chi connectivity index (χ3n) is 4.52. The van der Waals surface area contributed by atoms with Crippen LogP contribution in [-0.2, 0) is 13.1 Å². The fourth-order valence-electron chi connectivity index (χ4n) is 3.03. The van der Waals surface area contributed by atoms with Crippen LogP contribution in [0.4, 0.5) is 0 Å². The fourth-order valence-corrected chi connectivity index (χ4v) is 3.03. The lowest BCUT2D eigenvalue weighted by Crippen LogP contribution is -2.46. The van der Waals surface area contributed by atoms with Gasteiger partial charge in [-0.25, -0.2) is 0 Å². The Hall–Kier alpha value is -0.840. The number of nitrogens with zero attached hydrogens (tertiary/aromatic N) is 2. The first kappa shape index (κ1) is 15.1. The summed E-state index contributed by atoms with van der Waals surface area (Å²) in [6.07, 6.45) is 6.00. The maximum Gasteiger partial charge on any atom is 0.118 e. The SMILES string of the molecule is CCCNCc1coc(CN2CCN(CC3CC3)CC2)c1. The van der Waals surface area contributed by atoms with Crippen LogP contribution in [0.5, 0.6) is 0 Å². The summed E-state index contributed by atoms with van der Waals surface area (Å²) in [6, 6.07) is 2.21. The molecule has 0 spiro atoms. The number of nitrogens with one attached hydrogen (secondary N) is 1. The van der Waals surface area contributed by atoms with Crippen molar-refractivity contribution in [3.05, 3.63) is 23.7 Å². The molecule has 4 heteroatoms. The molecule has 21 heavy (non-hydrogen) atoms. The minimum atomic E-state index is 0.923. The zero-order valence-electron chi connectivity index (χ0n) is 13.3. The molecule has 0 bridgehead atoms. The lowest BCUT2D eigenvalue weighted by atomic mass is 10.2. The summed E-state index contributed by atoms with van der Waals surface area (Å²) < 4.78 is 5.70. The molecular formula is C17H29N3O. The second kappa shape index (κ2) is 7.43. The molecule has 1 saturated heterocycles. The minimum absolute atomic E-state index is 0.923. The number of hydrogen-bond acceptors (Lipinski definition) is 4. The van der Waals surface area contributed by atoms with Crippen molar-refractivity contribution in [3.63, 3.8) is 0 Å². The van der Waals surface area contributed by atoms with Crippen LogP contribution < -0.4 is 5.32 Å². The first-order valence-corrected chi connectivity index (χ1v) is 8.55. The fraction of sp³-hybridized carbons (Fsp3) is 0.765. The first-order valence-electron chi connectivity index (χ1n) is 8.55. The molecule has 2 heterocycles. The molecule has 2 fully saturated rings.